The monoisotopic (exact) mass is 706 g/mol. The molecule has 0 aliphatic carbocycles. The predicted octanol–water partition coefficient (Wildman–Crippen LogP) is 3.23. The minimum absolute atomic E-state index is 0.0467. The number of hydrogen-bond acceptors (Lipinski definition) is 8. The SMILES string of the molecule is Cc1ccn([C@@H]2O[C@H](C[O][Rf])C(OP(OCCC#N)N(C(C)C)C(C)C)[C@@H]2C)c(=O)n1. The van der Waals surface area contributed by atoms with Gasteiger partial charge in [0.2, 0.25) is 0 Å². The van der Waals surface area contributed by atoms with E-state index in [4.69, 9.17) is 24.2 Å². The summed E-state index contributed by atoms with van der Waals surface area (Å²) in [5.74, 6) is -0.122. The Bertz CT molecular complexity index is 795. The van der Waals surface area contributed by atoms with Crippen LogP contribution in [-0.4, -0.2) is 51.7 Å². The standard InChI is InChI=1S/C20H32N4O5P.Rf/c1-13(2)24(14(3)4)30(27-11-7-9-21)29-18-16(6)19(28-17(18)12-25)23-10-8-15(5)22-20(23)26;/h8,10,13-14,16-19H,7,11-12H2,1-6H3;/q-1;+1/t16-,17+,18?,19+,30?;/m0./s1. The molecule has 2 heterocycles. The van der Waals surface area contributed by atoms with Crippen LogP contribution >= 0.6 is 8.53 Å². The molecule has 31 heavy (non-hydrogen) atoms. The Morgan fingerprint density at radius 3 is 2.61 bits per heavy atom. The molecule has 0 aromatic carbocycles. The molecule has 11 heteroatoms. The van der Waals surface area contributed by atoms with Gasteiger partial charge in [-0.1, -0.05) is 0 Å². The molecule has 0 spiro atoms. The second-order valence-corrected chi connectivity index (χ2v) is 11.4. The van der Waals surface area contributed by atoms with Crippen LogP contribution in [0.5, 0.6) is 0 Å². The van der Waals surface area contributed by atoms with Crippen molar-refractivity contribution in [2.45, 2.75) is 78.5 Å². The molecular weight excluding hydrogens is 674 g/mol. The van der Waals surface area contributed by atoms with Crippen LogP contribution < -0.4 is 5.69 Å². The average molecular weight is 706 g/mol. The fourth-order valence-corrected chi connectivity index (χ4v) is 6.60. The Balaban J connectivity index is 2.31. The molecule has 0 N–H and O–H groups in total. The van der Waals surface area contributed by atoms with E-state index < -0.39 is 14.8 Å². The first-order valence-corrected chi connectivity index (χ1v) is 14.3. The van der Waals surface area contributed by atoms with Crippen LogP contribution in [-0.2, 0) is 18.9 Å². The first-order chi connectivity index (χ1) is 14.7. The Morgan fingerprint density at radius 1 is 1.39 bits per heavy atom. The van der Waals surface area contributed by atoms with Gasteiger partial charge in [-0.2, -0.15) is 0 Å². The van der Waals surface area contributed by atoms with E-state index in [-0.39, 0.29) is 35.9 Å². The molecule has 1 fully saturated rings. The van der Waals surface area contributed by atoms with Crippen LogP contribution in [0, 0.1) is 24.2 Å². The van der Waals surface area contributed by atoms with Crippen LogP contribution in [0.15, 0.2) is 17.1 Å². The first-order valence-electron chi connectivity index (χ1n) is 10.5. The third-order valence-corrected chi connectivity index (χ3v) is 8.24. The van der Waals surface area contributed by atoms with E-state index >= 15 is 0 Å². The number of nitrogens with zero attached hydrogens (tertiary/aromatic N) is 4. The zero-order valence-corrected chi connectivity index (χ0v) is 26.5. The molecular formula is C20H32N4O5PRf. The molecule has 0 bridgehead atoms. The van der Waals surface area contributed by atoms with E-state index in [0.29, 0.717) is 25.3 Å². The Labute approximate surface area is 179 Å². The Kier molecular flexibility index (Phi) is 9.05. The van der Waals surface area contributed by atoms with Crippen LogP contribution in [0.4, 0.5) is 0 Å². The summed E-state index contributed by atoms with van der Waals surface area (Å²) in [6, 6.07) is 4.31. The quantitative estimate of drug-likeness (QED) is 0.256. The molecule has 1 aromatic heterocycles. The van der Waals surface area contributed by atoms with Gasteiger partial charge in [0.05, 0.1) is 0 Å². The van der Waals surface area contributed by atoms with Crippen molar-refractivity contribution in [1.82, 2.24) is 14.2 Å². The minimum atomic E-state index is -1.43. The van der Waals surface area contributed by atoms with Gasteiger partial charge in [-0.15, -0.1) is 0 Å². The normalized spacial score (nSPS) is 24.8. The van der Waals surface area contributed by atoms with E-state index in [2.05, 4.69) is 43.4 Å². The molecule has 1 saturated heterocycles. The maximum atomic E-state index is 12.5. The van der Waals surface area contributed by atoms with E-state index in [9.17, 15) is 4.79 Å². The maximum absolute atomic E-state index is 12.5. The van der Waals surface area contributed by atoms with Crippen molar-refractivity contribution in [2.24, 2.45) is 5.92 Å². The average Bonchev–Trinajstić information content (AvgIpc) is 2.97. The molecule has 1 aliphatic rings. The topological polar surface area (TPSA) is 98.8 Å². The van der Waals surface area contributed by atoms with E-state index in [0.717, 1.165) is 0 Å². The zero-order valence-electron chi connectivity index (χ0n) is 19.2. The number of hydrogen-bond donors (Lipinski definition) is 0. The number of aryl methyl sites for hydroxylation is 1. The summed E-state index contributed by atoms with van der Waals surface area (Å²) in [6.07, 6.45) is 0.880. The fourth-order valence-electron chi connectivity index (χ4n) is 3.70. The van der Waals surface area contributed by atoms with Gasteiger partial charge in [-0.3, -0.25) is 0 Å². The molecule has 1 aromatic rings. The summed E-state index contributed by atoms with van der Waals surface area (Å²) in [5.41, 5.74) is 0.326. The van der Waals surface area contributed by atoms with Crippen LogP contribution in [0.1, 0.15) is 53.0 Å². The molecule has 2 unspecified atom stereocenters. The second-order valence-electron chi connectivity index (χ2n) is 8.17. The van der Waals surface area contributed by atoms with Gasteiger partial charge >= 0.3 is 179 Å². The van der Waals surface area contributed by atoms with Crippen molar-refractivity contribution in [3.05, 3.63) is 28.4 Å². The van der Waals surface area contributed by atoms with Crippen molar-refractivity contribution in [2.75, 3.05) is 13.2 Å². The van der Waals surface area contributed by atoms with Crippen molar-refractivity contribution in [3.63, 3.8) is 0 Å². The Morgan fingerprint density at radius 2 is 2.06 bits per heavy atom. The number of ether oxygens (including phenoxy) is 1. The second kappa shape index (κ2) is 11.3. The van der Waals surface area contributed by atoms with E-state index in [1.54, 1.807) is 19.2 Å². The molecule has 0 radical (unpaired) electrons. The van der Waals surface area contributed by atoms with Crippen molar-refractivity contribution in [3.8, 4) is 6.07 Å². The van der Waals surface area contributed by atoms with Crippen molar-refractivity contribution < 1.29 is 18.9 Å². The van der Waals surface area contributed by atoms with Gasteiger partial charge in [0, 0.05) is 0 Å². The van der Waals surface area contributed by atoms with Gasteiger partial charge in [0.15, 0.2) is 0 Å². The summed E-state index contributed by atoms with van der Waals surface area (Å²) in [5, 5.41) is 14.5. The third-order valence-electron chi connectivity index (χ3n) is 5.05. The summed E-state index contributed by atoms with van der Waals surface area (Å²) in [4.78, 5) is 16.5. The summed E-state index contributed by atoms with van der Waals surface area (Å²) < 4.78 is 22.7. The van der Waals surface area contributed by atoms with Gasteiger partial charge < -0.3 is 0 Å². The number of nitriles is 1. The molecule has 169 valence electrons. The molecule has 0 amide bonds. The third kappa shape index (κ3) is 6.07. The molecule has 5 atom stereocenters. The molecule has 0 saturated carbocycles. The van der Waals surface area contributed by atoms with Crippen LogP contribution in [0.25, 0.3) is 0 Å². The summed E-state index contributed by atoms with van der Waals surface area (Å²) in [6.45, 7) is 12.9. The predicted molar refractivity (Wildman–Crippen MR) is 112 cm³/mol. The van der Waals surface area contributed by atoms with Crippen LogP contribution in [0.2, 0.25) is 0 Å². The number of aromatic nitrogens is 2. The number of rotatable bonds is 11. The van der Waals surface area contributed by atoms with Gasteiger partial charge in [-0.25, -0.2) is 0 Å². The van der Waals surface area contributed by atoms with Crippen molar-refractivity contribution >= 4 is 8.53 Å². The molecule has 2 rings (SSSR count). The molecule has 9 nitrogen and oxygen atoms in total. The summed E-state index contributed by atoms with van der Waals surface area (Å²) in [7, 11) is -1.43. The van der Waals surface area contributed by atoms with Gasteiger partial charge in [0.25, 0.3) is 0 Å². The molecule has 1 aliphatic heterocycles. The van der Waals surface area contributed by atoms with Crippen LogP contribution in [0.3, 0.4) is 0 Å². The Hall–Kier alpha value is -2.40. The van der Waals surface area contributed by atoms with Gasteiger partial charge in [0.1, 0.15) is 0 Å². The van der Waals surface area contributed by atoms with E-state index in [1.807, 2.05) is 6.92 Å². The van der Waals surface area contributed by atoms with Gasteiger partial charge in [-0.05, 0) is 0 Å². The van der Waals surface area contributed by atoms with E-state index in [1.165, 1.54) is 4.57 Å². The first kappa shape index (κ1) is 24.9. The zero-order chi connectivity index (χ0) is 23.1. The summed E-state index contributed by atoms with van der Waals surface area (Å²) >= 11 is 0. The van der Waals surface area contributed by atoms with Crippen molar-refractivity contribution in [1.29, 1.82) is 5.26 Å². The fraction of sp³-hybridized carbons (Fsp3) is 0.750.